The van der Waals surface area contributed by atoms with Crippen LogP contribution in [0.15, 0.2) is 60.7 Å². The minimum Gasteiger partial charge on any atom is -0.395 e. The standard InChI is InChI=1S/C24H27IN2O4/c1-17(24(31)20-15-19(25)11-12-21(20)26(2)23(24)30)7-6-10-22(29)27(13-14-28)16-18-8-4-3-5-9-18/h3-9,11-12,15,17,28,31H,10,13-14,16H2,1-2H3/b7-6+/t17-,24+/m1/s1. The average Bonchev–Trinajstić information content (AvgIpc) is 2.95. The Balaban J connectivity index is 1.72. The Kier molecular flexibility index (Phi) is 7.51. The minimum atomic E-state index is -1.67. The molecule has 2 aromatic rings. The van der Waals surface area contributed by atoms with Crippen LogP contribution in [0, 0.1) is 9.49 Å². The normalized spacial score (nSPS) is 19.0. The molecule has 1 aliphatic heterocycles. The first-order valence-corrected chi connectivity index (χ1v) is 11.3. The second-order valence-electron chi connectivity index (χ2n) is 7.74. The van der Waals surface area contributed by atoms with Gasteiger partial charge < -0.3 is 20.0 Å². The van der Waals surface area contributed by atoms with E-state index < -0.39 is 11.5 Å². The fourth-order valence-corrected chi connectivity index (χ4v) is 4.38. The van der Waals surface area contributed by atoms with E-state index in [4.69, 9.17) is 0 Å². The third kappa shape index (κ3) is 4.83. The highest BCUT2D eigenvalue weighted by Crippen LogP contribution is 2.44. The molecule has 1 heterocycles. The topological polar surface area (TPSA) is 81.1 Å². The molecule has 2 aromatic carbocycles. The number of benzene rings is 2. The molecule has 3 rings (SSSR count). The number of fused-ring (bicyclic) bond motifs is 1. The first-order chi connectivity index (χ1) is 14.8. The molecule has 6 nitrogen and oxygen atoms in total. The summed E-state index contributed by atoms with van der Waals surface area (Å²) in [7, 11) is 1.66. The number of anilines is 1. The van der Waals surface area contributed by atoms with Gasteiger partial charge in [0.05, 0.1) is 12.3 Å². The summed E-state index contributed by atoms with van der Waals surface area (Å²) < 4.78 is 0.935. The summed E-state index contributed by atoms with van der Waals surface area (Å²) in [5, 5.41) is 20.7. The van der Waals surface area contributed by atoms with Crippen molar-refractivity contribution in [3.05, 3.63) is 75.4 Å². The Morgan fingerprint density at radius 2 is 1.97 bits per heavy atom. The van der Waals surface area contributed by atoms with E-state index in [1.165, 1.54) is 4.90 Å². The van der Waals surface area contributed by atoms with Crippen molar-refractivity contribution in [1.82, 2.24) is 4.90 Å². The lowest BCUT2D eigenvalue weighted by molar-refractivity contribution is -0.139. The van der Waals surface area contributed by atoms with Crippen LogP contribution in [0.2, 0.25) is 0 Å². The van der Waals surface area contributed by atoms with Gasteiger partial charge in [0.15, 0.2) is 5.60 Å². The highest BCUT2D eigenvalue weighted by atomic mass is 127. The van der Waals surface area contributed by atoms with Crippen molar-refractivity contribution in [2.24, 2.45) is 5.92 Å². The summed E-state index contributed by atoms with van der Waals surface area (Å²) in [4.78, 5) is 28.6. The predicted molar refractivity (Wildman–Crippen MR) is 128 cm³/mol. The average molecular weight is 534 g/mol. The first-order valence-electron chi connectivity index (χ1n) is 10.2. The summed E-state index contributed by atoms with van der Waals surface area (Å²) in [6, 6.07) is 15.2. The Morgan fingerprint density at radius 3 is 2.65 bits per heavy atom. The van der Waals surface area contributed by atoms with Crippen molar-refractivity contribution in [2.75, 3.05) is 25.1 Å². The molecule has 164 valence electrons. The van der Waals surface area contributed by atoms with Crippen LogP contribution in [-0.2, 0) is 21.7 Å². The predicted octanol–water partition coefficient (Wildman–Crippen LogP) is 3.06. The molecule has 2 amide bonds. The molecule has 0 bridgehead atoms. The molecule has 0 saturated heterocycles. The number of halogens is 1. The lowest BCUT2D eigenvalue weighted by atomic mass is 9.83. The van der Waals surface area contributed by atoms with Gasteiger partial charge in [-0.15, -0.1) is 0 Å². The van der Waals surface area contributed by atoms with Crippen LogP contribution in [0.3, 0.4) is 0 Å². The zero-order valence-electron chi connectivity index (χ0n) is 17.7. The second-order valence-corrected chi connectivity index (χ2v) is 8.98. The summed E-state index contributed by atoms with van der Waals surface area (Å²) in [5.74, 6) is -1.02. The van der Waals surface area contributed by atoms with E-state index in [1.807, 2.05) is 48.5 Å². The van der Waals surface area contributed by atoms with Gasteiger partial charge in [-0.3, -0.25) is 9.59 Å². The van der Waals surface area contributed by atoms with Gasteiger partial charge in [0.2, 0.25) is 5.91 Å². The van der Waals surface area contributed by atoms with Gasteiger partial charge >= 0.3 is 0 Å². The maximum atomic E-state index is 12.9. The summed E-state index contributed by atoms with van der Waals surface area (Å²) >= 11 is 2.16. The summed E-state index contributed by atoms with van der Waals surface area (Å²) in [6.45, 7) is 2.32. The number of nitrogens with zero attached hydrogens (tertiary/aromatic N) is 2. The maximum absolute atomic E-state index is 12.9. The van der Waals surface area contributed by atoms with E-state index in [0.717, 1.165) is 9.13 Å². The monoisotopic (exact) mass is 534 g/mol. The molecule has 1 aliphatic rings. The molecule has 0 aliphatic carbocycles. The van der Waals surface area contributed by atoms with Gasteiger partial charge in [0.1, 0.15) is 0 Å². The van der Waals surface area contributed by atoms with Crippen molar-refractivity contribution in [1.29, 1.82) is 0 Å². The first kappa shape index (κ1) is 23.4. The Labute approximate surface area is 196 Å². The molecule has 31 heavy (non-hydrogen) atoms. The van der Waals surface area contributed by atoms with Crippen molar-refractivity contribution < 1.29 is 19.8 Å². The third-order valence-corrected chi connectivity index (χ3v) is 6.35. The molecular weight excluding hydrogens is 507 g/mol. The Hall–Kier alpha value is -2.23. The van der Waals surface area contributed by atoms with Crippen LogP contribution in [0.5, 0.6) is 0 Å². The lowest BCUT2D eigenvalue weighted by Crippen LogP contribution is -2.43. The highest BCUT2D eigenvalue weighted by molar-refractivity contribution is 14.1. The van der Waals surface area contributed by atoms with Crippen molar-refractivity contribution in [3.63, 3.8) is 0 Å². The molecule has 0 fully saturated rings. The van der Waals surface area contributed by atoms with Crippen molar-refractivity contribution in [2.45, 2.75) is 25.5 Å². The van der Waals surface area contributed by atoms with Gasteiger partial charge in [-0.2, -0.15) is 0 Å². The van der Waals surface area contributed by atoms with Crippen LogP contribution in [-0.4, -0.2) is 47.1 Å². The zero-order valence-corrected chi connectivity index (χ0v) is 19.8. The smallest absolute Gasteiger partial charge is 0.264 e. The van der Waals surface area contributed by atoms with Gasteiger partial charge in [-0.1, -0.05) is 49.4 Å². The van der Waals surface area contributed by atoms with Crippen molar-refractivity contribution in [3.8, 4) is 0 Å². The van der Waals surface area contributed by atoms with Crippen LogP contribution in [0.1, 0.15) is 24.5 Å². The number of carbonyl (C=O) groups is 2. The fraction of sp³-hybridized carbons (Fsp3) is 0.333. The number of aliphatic hydroxyl groups is 2. The molecule has 0 unspecified atom stereocenters. The largest absolute Gasteiger partial charge is 0.395 e. The van der Waals surface area contributed by atoms with Gasteiger partial charge in [-0.25, -0.2) is 0 Å². The Bertz CT molecular complexity index is 979. The number of amides is 2. The molecule has 0 saturated carbocycles. The van der Waals surface area contributed by atoms with Crippen LogP contribution in [0.4, 0.5) is 5.69 Å². The van der Waals surface area contributed by atoms with E-state index in [-0.39, 0.29) is 31.4 Å². The Morgan fingerprint density at radius 1 is 1.26 bits per heavy atom. The van der Waals surface area contributed by atoms with Crippen LogP contribution in [0.25, 0.3) is 0 Å². The summed E-state index contributed by atoms with van der Waals surface area (Å²) in [6.07, 6.45) is 3.54. The van der Waals surface area contributed by atoms with Gasteiger partial charge in [-0.05, 0) is 46.4 Å². The third-order valence-electron chi connectivity index (χ3n) is 5.68. The van der Waals surface area contributed by atoms with Crippen molar-refractivity contribution >= 4 is 40.1 Å². The van der Waals surface area contributed by atoms with E-state index in [1.54, 1.807) is 31.0 Å². The lowest BCUT2D eigenvalue weighted by Gasteiger charge is -2.27. The SMILES string of the molecule is C[C@H](/C=C/CC(=O)N(CCO)Cc1ccccc1)[C@@]1(O)C(=O)N(C)c2ccc(I)cc21. The number of likely N-dealkylation sites (N-methyl/N-ethyl adjacent to an activating group) is 1. The number of hydrogen-bond donors (Lipinski definition) is 2. The molecule has 2 atom stereocenters. The molecule has 7 heteroatoms. The number of carbonyl (C=O) groups excluding carboxylic acids is 2. The maximum Gasteiger partial charge on any atom is 0.264 e. The molecule has 0 aromatic heterocycles. The van der Waals surface area contributed by atoms with E-state index >= 15 is 0 Å². The van der Waals surface area contributed by atoms with Crippen LogP contribution < -0.4 is 4.90 Å². The van der Waals surface area contributed by atoms with Gasteiger partial charge in [0.25, 0.3) is 5.91 Å². The minimum absolute atomic E-state index is 0.116. The van der Waals surface area contributed by atoms with E-state index in [9.17, 15) is 19.8 Å². The summed E-state index contributed by atoms with van der Waals surface area (Å²) in [5.41, 5.74) is 0.601. The van der Waals surface area contributed by atoms with Gasteiger partial charge in [0, 0.05) is 41.6 Å². The molecule has 2 N–H and O–H groups in total. The van der Waals surface area contributed by atoms with Crippen LogP contribution >= 0.6 is 22.6 Å². The molecule has 0 spiro atoms. The molecule has 0 radical (unpaired) electrons. The quantitative estimate of drug-likeness (QED) is 0.403. The van der Waals surface area contributed by atoms with E-state index in [2.05, 4.69) is 22.6 Å². The second kappa shape index (κ2) is 9.93. The zero-order chi connectivity index (χ0) is 22.6. The van der Waals surface area contributed by atoms with E-state index in [0.29, 0.717) is 17.8 Å². The number of rotatable bonds is 8. The highest BCUT2D eigenvalue weighted by Gasteiger charge is 2.51. The molecular formula is C24H27IN2O4. The number of aliphatic hydroxyl groups excluding tert-OH is 1. The number of hydrogen-bond acceptors (Lipinski definition) is 4. The fourth-order valence-electron chi connectivity index (χ4n) is 3.88.